The summed E-state index contributed by atoms with van der Waals surface area (Å²) >= 11 is 0. The quantitative estimate of drug-likeness (QED) is 0.785. The summed E-state index contributed by atoms with van der Waals surface area (Å²) in [5.41, 5.74) is 6.76. The number of nitrogens with zero attached hydrogens (tertiary/aromatic N) is 1. The van der Waals surface area contributed by atoms with Crippen LogP contribution in [0.1, 0.15) is 19.4 Å². The zero-order chi connectivity index (χ0) is 11.4. The molecule has 0 aromatic carbocycles. The second-order valence-corrected chi connectivity index (χ2v) is 3.98. The van der Waals surface area contributed by atoms with Gasteiger partial charge in [-0.1, -0.05) is 13.8 Å². The minimum absolute atomic E-state index is 0.120. The van der Waals surface area contributed by atoms with Gasteiger partial charge in [0.05, 0.1) is 6.04 Å². The van der Waals surface area contributed by atoms with E-state index in [0.29, 0.717) is 5.82 Å². The van der Waals surface area contributed by atoms with Gasteiger partial charge < -0.3 is 11.1 Å². The Morgan fingerprint density at radius 2 is 2.20 bits per heavy atom. The van der Waals surface area contributed by atoms with Crippen molar-refractivity contribution in [3.05, 3.63) is 23.9 Å². The van der Waals surface area contributed by atoms with Gasteiger partial charge in [-0.2, -0.15) is 0 Å². The predicted octanol–water partition coefficient (Wildman–Crippen LogP) is 1.31. The maximum atomic E-state index is 11.6. The summed E-state index contributed by atoms with van der Waals surface area (Å²) in [6.07, 6.45) is 1.66. The molecular weight excluding hydrogens is 190 g/mol. The van der Waals surface area contributed by atoms with Crippen molar-refractivity contribution in [2.45, 2.75) is 26.8 Å². The number of anilines is 1. The van der Waals surface area contributed by atoms with Crippen LogP contribution in [-0.2, 0) is 4.79 Å². The Labute approximate surface area is 89.9 Å². The number of aromatic nitrogens is 1. The molecule has 3 N–H and O–H groups in total. The first kappa shape index (κ1) is 11.7. The maximum absolute atomic E-state index is 11.6. The second kappa shape index (κ2) is 4.89. The molecule has 0 aliphatic rings. The van der Waals surface area contributed by atoms with Crippen molar-refractivity contribution in [3.8, 4) is 0 Å². The van der Waals surface area contributed by atoms with E-state index in [-0.39, 0.29) is 11.8 Å². The van der Waals surface area contributed by atoms with E-state index >= 15 is 0 Å². The van der Waals surface area contributed by atoms with Crippen molar-refractivity contribution in [1.82, 2.24) is 4.98 Å². The van der Waals surface area contributed by atoms with Crippen LogP contribution in [0.2, 0.25) is 0 Å². The van der Waals surface area contributed by atoms with Gasteiger partial charge in [-0.05, 0) is 30.5 Å². The number of carbonyl (C=O) groups is 1. The Hall–Kier alpha value is -1.42. The molecule has 1 aromatic rings. The third kappa shape index (κ3) is 3.32. The molecule has 1 aromatic heterocycles. The molecule has 0 saturated carbocycles. The molecule has 4 heteroatoms. The van der Waals surface area contributed by atoms with Crippen LogP contribution >= 0.6 is 0 Å². The van der Waals surface area contributed by atoms with E-state index in [1.54, 1.807) is 6.20 Å². The number of hydrogen-bond acceptors (Lipinski definition) is 3. The first-order chi connectivity index (χ1) is 7.00. The van der Waals surface area contributed by atoms with E-state index in [9.17, 15) is 4.79 Å². The summed E-state index contributed by atoms with van der Waals surface area (Å²) in [6, 6.07) is 3.19. The van der Waals surface area contributed by atoms with Gasteiger partial charge in [0, 0.05) is 6.20 Å². The topological polar surface area (TPSA) is 68.0 Å². The molecule has 0 unspecified atom stereocenters. The summed E-state index contributed by atoms with van der Waals surface area (Å²) in [5.74, 6) is 0.481. The monoisotopic (exact) mass is 207 g/mol. The van der Waals surface area contributed by atoms with Gasteiger partial charge in [0.2, 0.25) is 5.91 Å². The number of aryl methyl sites for hydroxylation is 1. The van der Waals surface area contributed by atoms with Gasteiger partial charge in [-0.25, -0.2) is 4.98 Å². The van der Waals surface area contributed by atoms with E-state index in [2.05, 4.69) is 10.3 Å². The van der Waals surface area contributed by atoms with Crippen molar-refractivity contribution in [3.63, 3.8) is 0 Å². The highest BCUT2D eigenvalue weighted by molar-refractivity contribution is 5.94. The first-order valence-corrected chi connectivity index (χ1v) is 5.00. The number of nitrogens with two attached hydrogens (primary N) is 1. The molecule has 1 amide bonds. The molecule has 15 heavy (non-hydrogen) atoms. The van der Waals surface area contributed by atoms with Gasteiger partial charge >= 0.3 is 0 Å². The summed E-state index contributed by atoms with van der Waals surface area (Å²) in [5, 5.41) is 2.69. The normalized spacial score (nSPS) is 12.6. The molecule has 0 radical (unpaired) electrons. The number of amides is 1. The second-order valence-electron chi connectivity index (χ2n) is 3.98. The molecule has 0 saturated heterocycles. The number of hydrogen-bond donors (Lipinski definition) is 2. The summed E-state index contributed by atoms with van der Waals surface area (Å²) in [7, 11) is 0. The summed E-state index contributed by atoms with van der Waals surface area (Å²) in [6.45, 7) is 5.77. The Morgan fingerprint density at radius 3 is 2.73 bits per heavy atom. The molecule has 1 heterocycles. The van der Waals surface area contributed by atoms with Crippen molar-refractivity contribution in [1.29, 1.82) is 0 Å². The molecular formula is C11H17N3O. The van der Waals surface area contributed by atoms with Crippen molar-refractivity contribution in [2.75, 3.05) is 5.32 Å². The molecule has 0 fully saturated rings. The van der Waals surface area contributed by atoms with Crippen LogP contribution in [0.4, 0.5) is 5.82 Å². The van der Waals surface area contributed by atoms with Crippen LogP contribution in [0.3, 0.4) is 0 Å². The number of pyridine rings is 1. The molecule has 0 aliphatic heterocycles. The zero-order valence-electron chi connectivity index (χ0n) is 9.32. The van der Waals surface area contributed by atoms with Crippen LogP contribution < -0.4 is 11.1 Å². The number of rotatable bonds is 3. The highest BCUT2D eigenvalue weighted by Gasteiger charge is 2.17. The molecule has 1 rings (SSSR count). The maximum Gasteiger partial charge on any atom is 0.242 e. The number of carbonyl (C=O) groups excluding carboxylic acids is 1. The lowest BCUT2D eigenvalue weighted by molar-refractivity contribution is -0.118. The average Bonchev–Trinajstić information content (AvgIpc) is 2.16. The summed E-state index contributed by atoms with van der Waals surface area (Å²) < 4.78 is 0. The van der Waals surface area contributed by atoms with Crippen molar-refractivity contribution in [2.24, 2.45) is 11.7 Å². The zero-order valence-corrected chi connectivity index (χ0v) is 9.32. The highest BCUT2D eigenvalue weighted by Crippen LogP contribution is 2.07. The Bertz CT molecular complexity index is 349. The predicted molar refractivity (Wildman–Crippen MR) is 60.4 cm³/mol. The van der Waals surface area contributed by atoms with Crippen molar-refractivity contribution >= 4 is 11.7 Å². The van der Waals surface area contributed by atoms with Crippen LogP contribution in [0.5, 0.6) is 0 Å². The fourth-order valence-electron chi connectivity index (χ4n) is 1.12. The van der Waals surface area contributed by atoms with Crippen molar-refractivity contribution < 1.29 is 4.79 Å². The minimum Gasteiger partial charge on any atom is -0.320 e. The van der Waals surface area contributed by atoms with Gasteiger partial charge in [0.25, 0.3) is 0 Å². The minimum atomic E-state index is -0.493. The van der Waals surface area contributed by atoms with Gasteiger partial charge in [-0.15, -0.1) is 0 Å². The SMILES string of the molecule is Cc1ccnc(NC(=O)[C@@H](N)C(C)C)c1. The molecule has 0 bridgehead atoms. The van der Waals surface area contributed by atoms with E-state index < -0.39 is 6.04 Å². The molecule has 0 aliphatic carbocycles. The average molecular weight is 207 g/mol. The molecule has 1 atom stereocenters. The van der Waals surface area contributed by atoms with Crippen LogP contribution in [0.25, 0.3) is 0 Å². The first-order valence-electron chi connectivity index (χ1n) is 5.00. The largest absolute Gasteiger partial charge is 0.320 e. The lowest BCUT2D eigenvalue weighted by atomic mass is 10.1. The van der Waals surface area contributed by atoms with E-state index in [1.165, 1.54) is 0 Å². The molecule has 4 nitrogen and oxygen atoms in total. The smallest absolute Gasteiger partial charge is 0.242 e. The van der Waals surface area contributed by atoms with Gasteiger partial charge in [0.1, 0.15) is 5.82 Å². The van der Waals surface area contributed by atoms with E-state index in [4.69, 9.17) is 5.73 Å². The lowest BCUT2D eigenvalue weighted by Crippen LogP contribution is -2.39. The third-order valence-electron chi connectivity index (χ3n) is 2.19. The Kier molecular flexibility index (Phi) is 3.80. The Balaban J connectivity index is 2.66. The molecule has 0 spiro atoms. The van der Waals surface area contributed by atoms with E-state index in [1.807, 2.05) is 32.9 Å². The van der Waals surface area contributed by atoms with Gasteiger partial charge in [0.15, 0.2) is 0 Å². The summed E-state index contributed by atoms with van der Waals surface area (Å²) in [4.78, 5) is 15.6. The fraction of sp³-hybridized carbons (Fsp3) is 0.455. The van der Waals surface area contributed by atoms with Crippen LogP contribution in [0.15, 0.2) is 18.3 Å². The standard InChI is InChI=1S/C11H17N3O/c1-7(2)10(12)11(15)14-9-6-8(3)4-5-13-9/h4-7,10H,12H2,1-3H3,(H,13,14,15)/t10-/m0/s1. The highest BCUT2D eigenvalue weighted by atomic mass is 16.2. The number of nitrogens with one attached hydrogen (secondary N) is 1. The Morgan fingerprint density at radius 1 is 1.53 bits per heavy atom. The fourth-order valence-corrected chi connectivity index (χ4v) is 1.12. The lowest BCUT2D eigenvalue weighted by Gasteiger charge is -2.14. The van der Waals surface area contributed by atoms with Crippen LogP contribution in [-0.4, -0.2) is 16.9 Å². The van der Waals surface area contributed by atoms with Gasteiger partial charge in [-0.3, -0.25) is 4.79 Å². The third-order valence-corrected chi connectivity index (χ3v) is 2.19. The van der Waals surface area contributed by atoms with Crippen LogP contribution in [0, 0.1) is 12.8 Å². The molecule has 82 valence electrons. The van der Waals surface area contributed by atoms with E-state index in [0.717, 1.165) is 5.56 Å².